The maximum atomic E-state index is 12.3. The predicted octanol–water partition coefficient (Wildman–Crippen LogP) is 2.37. The Kier molecular flexibility index (Phi) is 4.41. The molecule has 1 aliphatic rings. The second-order valence-electron chi connectivity index (χ2n) is 5.75. The lowest BCUT2D eigenvalue weighted by Crippen LogP contribution is -2.38. The van der Waals surface area contributed by atoms with Gasteiger partial charge in [0.05, 0.1) is 11.9 Å². The Morgan fingerprint density at radius 2 is 2.09 bits per heavy atom. The standard InChI is InChI=1S/C16H19NO5S/c1-11-13-7-2-3-8-14(13)22-15(11)16(18)17-23(19,20)10-12-6-4-5-9-21-12/h2-3,7-8,12H,4-6,9-10H2,1H3,(H,17,18)/t12-/m1/s1. The van der Waals surface area contributed by atoms with Crippen molar-refractivity contribution in [2.24, 2.45) is 0 Å². The first-order valence-electron chi connectivity index (χ1n) is 7.61. The number of aryl methyl sites for hydroxylation is 1. The summed E-state index contributed by atoms with van der Waals surface area (Å²) in [5.74, 6) is -0.924. The summed E-state index contributed by atoms with van der Waals surface area (Å²) >= 11 is 0. The highest BCUT2D eigenvalue weighted by molar-refractivity contribution is 7.90. The molecule has 0 aliphatic carbocycles. The molecule has 1 amide bonds. The molecule has 6 nitrogen and oxygen atoms in total. The number of benzene rings is 1. The summed E-state index contributed by atoms with van der Waals surface area (Å²) in [4.78, 5) is 12.3. The van der Waals surface area contributed by atoms with E-state index in [1.807, 2.05) is 12.1 Å². The van der Waals surface area contributed by atoms with Crippen molar-refractivity contribution in [2.45, 2.75) is 32.3 Å². The zero-order valence-corrected chi connectivity index (χ0v) is 13.7. The van der Waals surface area contributed by atoms with Crippen LogP contribution in [-0.4, -0.2) is 32.8 Å². The number of ether oxygens (including phenoxy) is 1. The van der Waals surface area contributed by atoms with E-state index in [0.717, 1.165) is 18.2 Å². The van der Waals surface area contributed by atoms with Crippen LogP contribution in [-0.2, 0) is 14.8 Å². The van der Waals surface area contributed by atoms with Crippen molar-refractivity contribution in [3.05, 3.63) is 35.6 Å². The summed E-state index contributed by atoms with van der Waals surface area (Å²) in [6.07, 6.45) is 2.22. The van der Waals surface area contributed by atoms with E-state index in [9.17, 15) is 13.2 Å². The number of nitrogens with one attached hydrogen (secondary N) is 1. The highest BCUT2D eigenvalue weighted by Gasteiger charge is 2.26. The van der Waals surface area contributed by atoms with Gasteiger partial charge in [-0.3, -0.25) is 4.79 Å². The van der Waals surface area contributed by atoms with E-state index in [-0.39, 0.29) is 17.6 Å². The maximum Gasteiger partial charge on any atom is 0.300 e. The number of fused-ring (bicyclic) bond motifs is 1. The molecule has 0 saturated carbocycles. The number of sulfonamides is 1. The van der Waals surface area contributed by atoms with Crippen LogP contribution in [0.2, 0.25) is 0 Å². The van der Waals surface area contributed by atoms with Gasteiger partial charge in [-0.1, -0.05) is 18.2 Å². The average molecular weight is 337 g/mol. The van der Waals surface area contributed by atoms with E-state index in [1.165, 1.54) is 0 Å². The fourth-order valence-corrected chi connectivity index (χ4v) is 4.01. The molecule has 1 aromatic carbocycles. The summed E-state index contributed by atoms with van der Waals surface area (Å²) in [5.41, 5.74) is 1.19. The fraction of sp³-hybridized carbons (Fsp3) is 0.438. The molecule has 1 N–H and O–H groups in total. The van der Waals surface area contributed by atoms with Crippen LogP contribution in [0.4, 0.5) is 0 Å². The minimum Gasteiger partial charge on any atom is -0.451 e. The number of amides is 1. The quantitative estimate of drug-likeness (QED) is 0.926. The van der Waals surface area contributed by atoms with Crippen molar-refractivity contribution in [1.29, 1.82) is 0 Å². The lowest BCUT2D eigenvalue weighted by molar-refractivity contribution is 0.0304. The Balaban J connectivity index is 1.75. The molecule has 0 bridgehead atoms. The highest BCUT2D eigenvalue weighted by atomic mass is 32.2. The van der Waals surface area contributed by atoms with E-state index in [2.05, 4.69) is 4.72 Å². The molecule has 124 valence electrons. The van der Waals surface area contributed by atoms with Gasteiger partial charge in [-0.2, -0.15) is 0 Å². The van der Waals surface area contributed by atoms with Crippen molar-refractivity contribution >= 4 is 26.9 Å². The molecule has 0 spiro atoms. The van der Waals surface area contributed by atoms with Crippen LogP contribution in [0, 0.1) is 6.92 Å². The molecule has 1 saturated heterocycles. The Bertz CT molecular complexity index is 818. The van der Waals surface area contributed by atoms with Crippen LogP contribution < -0.4 is 4.72 Å². The Hall–Kier alpha value is -1.86. The van der Waals surface area contributed by atoms with Gasteiger partial charge in [0, 0.05) is 17.6 Å². The first-order chi connectivity index (χ1) is 11.0. The molecule has 3 rings (SSSR count). The van der Waals surface area contributed by atoms with Crippen molar-refractivity contribution in [3.8, 4) is 0 Å². The third kappa shape index (κ3) is 3.56. The number of furan rings is 1. The van der Waals surface area contributed by atoms with Gasteiger partial charge in [-0.05, 0) is 32.3 Å². The van der Waals surface area contributed by atoms with Crippen molar-refractivity contribution < 1.29 is 22.4 Å². The smallest absolute Gasteiger partial charge is 0.300 e. The second kappa shape index (κ2) is 6.33. The SMILES string of the molecule is Cc1c(C(=O)NS(=O)(=O)C[C@H]2CCCCO2)oc2ccccc12. The number of para-hydroxylation sites is 1. The van der Waals surface area contributed by atoms with Gasteiger partial charge >= 0.3 is 5.91 Å². The van der Waals surface area contributed by atoms with Crippen molar-refractivity contribution in [3.63, 3.8) is 0 Å². The van der Waals surface area contributed by atoms with Crippen molar-refractivity contribution in [1.82, 2.24) is 4.72 Å². The normalized spacial score (nSPS) is 18.9. The third-order valence-corrected chi connectivity index (χ3v) is 5.28. The zero-order valence-electron chi connectivity index (χ0n) is 12.9. The lowest BCUT2D eigenvalue weighted by atomic mass is 10.1. The number of hydrogen-bond acceptors (Lipinski definition) is 5. The molecule has 7 heteroatoms. The summed E-state index contributed by atoms with van der Waals surface area (Å²) in [6, 6.07) is 7.20. The fourth-order valence-electron chi connectivity index (χ4n) is 2.80. The van der Waals surface area contributed by atoms with Gasteiger partial charge in [0.2, 0.25) is 10.0 Å². The van der Waals surface area contributed by atoms with Crippen LogP contribution in [0.3, 0.4) is 0 Å². The van der Waals surface area contributed by atoms with Crippen LogP contribution in [0.25, 0.3) is 11.0 Å². The third-order valence-electron chi connectivity index (χ3n) is 3.98. The van der Waals surface area contributed by atoms with Crippen LogP contribution in [0.15, 0.2) is 28.7 Å². The van der Waals surface area contributed by atoms with Gasteiger partial charge in [0.25, 0.3) is 0 Å². The lowest BCUT2D eigenvalue weighted by Gasteiger charge is -2.22. The zero-order chi connectivity index (χ0) is 16.4. The number of rotatable bonds is 4. The van der Waals surface area contributed by atoms with Gasteiger partial charge in [0.1, 0.15) is 5.58 Å². The van der Waals surface area contributed by atoms with Crippen molar-refractivity contribution in [2.75, 3.05) is 12.4 Å². The molecule has 2 aromatic rings. The van der Waals surface area contributed by atoms with Gasteiger partial charge in [-0.15, -0.1) is 0 Å². The molecule has 1 aromatic heterocycles. The van der Waals surface area contributed by atoms with E-state index < -0.39 is 15.9 Å². The van der Waals surface area contributed by atoms with E-state index in [4.69, 9.17) is 9.15 Å². The molecule has 0 unspecified atom stereocenters. The molecule has 1 atom stereocenters. The Morgan fingerprint density at radius 3 is 2.78 bits per heavy atom. The molecule has 1 aliphatic heterocycles. The van der Waals surface area contributed by atoms with E-state index in [1.54, 1.807) is 19.1 Å². The molecule has 1 fully saturated rings. The number of hydrogen-bond donors (Lipinski definition) is 1. The number of carbonyl (C=O) groups excluding carboxylic acids is 1. The van der Waals surface area contributed by atoms with Gasteiger partial charge in [0.15, 0.2) is 5.76 Å². The minimum absolute atomic E-state index is 0.0272. The summed E-state index contributed by atoms with van der Waals surface area (Å²) < 4.78 is 37.3. The summed E-state index contributed by atoms with van der Waals surface area (Å²) in [7, 11) is -3.77. The highest BCUT2D eigenvalue weighted by Crippen LogP contribution is 2.25. The summed E-state index contributed by atoms with van der Waals surface area (Å²) in [5, 5.41) is 0.797. The van der Waals surface area contributed by atoms with Crippen LogP contribution in [0.1, 0.15) is 35.4 Å². The molecular weight excluding hydrogens is 318 g/mol. The topological polar surface area (TPSA) is 85.6 Å². The average Bonchev–Trinajstić information content (AvgIpc) is 2.85. The van der Waals surface area contributed by atoms with Crippen LogP contribution in [0.5, 0.6) is 0 Å². The van der Waals surface area contributed by atoms with E-state index >= 15 is 0 Å². The Labute approximate surface area is 134 Å². The number of carbonyl (C=O) groups is 1. The second-order valence-corrected chi connectivity index (χ2v) is 7.52. The largest absolute Gasteiger partial charge is 0.451 e. The van der Waals surface area contributed by atoms with Gasteiger partial charge in [-0.25, -0.2) is 13.1 Å². The first-order valence-corrected chi connectivity index (χ1v) is 9.26. The molecule has 23 heavy (non-hydrogen) atoms. The van der Waals surface area contributed by atoms with Gasteiger partial charge < -0.3 is 9.15 Å². The minimum atomic E-state index is -3.77. The maximum absolute atomic E-state index is 12.3. The monoisotopic (exact) mass is 337 g/mol. The van der Waals surface area contributed by atoms with Crippen LogP contribution >= 0.6 is 0 Å². The molecular formula is C16H19NO5S. The predicted molar refractivity (Wildman–Crippen MR) is 85.8 cm³/mol. The summed E-state index contributed by atoms with van der Waals surface area (Å²) in [6.45, 7) is 2.30. The first kappa shape index (κ1) is 16.0. The molecule has 2 heterocycles. The Morgan fingerprint density at radius 1 is 1.30 bits per heavy atom. The van der Waals surface area contributed by atoms with E-state index in [0.29, 0.717) is 24.2 Å². The molecule has 0 radical (unpaired) electrons.